The summed E-state index contributed by atoms with van der Waals surface area (Å²) in [5.74, 6) is 0. The van der Waals surface area contributed by atoms with Gasteiger partial charge in [-0.2, -0.15) is 0 Å². The molecule has 0 radical (unpaired) electrons. The predicted octanol–water partition coefficient (Wildman–Crippen LogP) is 2.94. The van der Waals surface area contributed by atoms with Gasteiger partial charge in [-0.25, -0.2) is 4.79 Å². The molecule has 0 aliphatic rings. The van der Waals surface area contributed by atoms with Gasteiger partial charge in [-0.15, -0.1) is 0 Å². The van der Waals surface area contributed by atoms with Crippen LogP contribution in [0.15, 0.2) is 30.5 Å². The number of carbonyl (C=O) groups is 1. The molecular formula is C17H24N2O3. The summed E-state index contributed by atoms with van der Waals surface area (Å²) in [7, 11) is 1.64. The molecule has 1 heterocycles. The van der Waals surface area contributed by atoms with Crippen molar-refractivity contribution >= 4 is 17.0 Å². The Labute approximate surface area is 131 Å². The van der Waals surface area contributed by atoms with Crippen LogP contribution < -0.4 is 5.73 Å². The molecule has 0 amide bonds. The van der Waals surface area contributed by atoms with Gasteiger partial charge < -0.3 is 15.2 Å². The van der Waals surface area contributed by atoms with E-state index in [1.165, 1.54) is 4.57 Å². The first-order valence-electron chi connectivity index (χ1n) is 7.38. The maximum atomic E-state index is 12.3. The fourth-order valence-electron chi connectivity index (χ4n) is 2.44. The molecule has 0 unspecified atom stereocenters. The minimum Gasteiger partial charge on any atom is -0.443 e. The molecule has 0 saturated carbocycles. The lowest BCUT2D eigenvalue weighted by Gasteiger charge is -2.19. The normalized spacial score (nSPS) is 13.3. The predicted molar refractivity (Wildman–Crippen MR) is 87.1 cm³/mol. The Morgan fingerprint density at radius 3 is 2.68 bits per heavy atom. The monoisotopic (exact) mass is 304 g/mol. The van der Waals surface area contributed by atoms with Gasteiger partial charge in [-0.3, -0.25) is 4.57 Å². The van der Waals surface area contributed by atoms with Crippen LogP contribution in [0, 0.1) is 0 Å². The molecule has 1 atom stereocenters. The molecule has 1 aromatic heterocycles. The minimum atomic E-state index is -0.522. The third-order valence-corrected chi connectivity index (χ3v) is 3.28. The van der Waals surface area contributed by atoms with Crippen molar-refractivity contribution in [1.29, 1.82) is 0 Å². The number of rotatable bonds is 4. The van der Waals surface area contributed by atoms with Crippen LogP contribution in [0.3, 0.4) is 0 Å². The second-order valence-electron chi connectivity index (χ2n) is 6.44. The summed E-state index contributed by atoms with van der Waals surface area (Å²) in [6.45, 7) is 6.06. The van der Waals surface area contributed by atoms with E-state index in [1.807, 2.05) is 45.0 Å². The number of fused-ring (bicyclic) bond motifs is 1. The van der Waals surface area contributed by atoms with Crippen molar-refractivity contribution in [3.05, 3.63) is 36.0 Å². The van der Waals surface area contributed by atoms with E-state index < -0.39 is 5.60 Å². The number of ether oxygens (including phenoxy) is 2. The summed E-state index contributed by atoms with van der Waals surface area (Å²) >= 11 is 0. The van der Waals surface area contributed by atoms with Crippen molar-refractivity contribution in [2.24, 2.45) is 5.73 Å². The second-order valence-corrected chi connectivity index (χ2v) is 6.44. The number of benzene rings is 1. The van der Waals surface area contributed by atoms with E-state index in [2.05, 4.69) is 0 Å². The van der Waals surface area contributed by atoms with Crippen molar-refractivity contribution in [3.8, 4) is 0 Å². The van der Waals surface area contributed by atoms with E-state index in [0.29, 0.717) is 13.0 Å². The summed E-state index contributed by atoms with van der Waals surface area (Å²) in [4.78, 5) is 12.3. The van der Waals surface area contributed by atoms with Gasteiger partial charge in [0, 0.05) is 24.7 Å². The van der Waals surface area contributed by atoms with Gasteiger partial charge in [-0.05, 0) is 44.9 Å². The fraction of sp³-hybridized carbons (Fsp3) is 0.471. The molecule has 2 N–H and O–H groups in total. The molecule has 2 rings (SSSR count). The van der Waals surface area contributed by atoms with E-state index in [1.54, 1.807) is 13.3 Å². The number of nitrogens with two attached hydrogens (primary N) is 1. The van der Waals surface area contributed by atoms with Crippen LogP contribution in [0.4, 0.5) is 4.79 Å². The molecule has 120 valence electrons. The van der Waals surface area contributed by atoms with Crippen molar-refractivity contribution in [1.82, 2.24) is 4.57 Å². The fourth-order valence-corrected chi connectivity index (χ4v) is 2.44. The Balaban J connectivity index is 2.31. The summed E-state index contributed by atoms with van der Waals surface area (Å²) in [6, 6.07) is 7.72. The lowest BCUT2D eigenvalue weighted by molar-refractivity contribution is 0.0544. The van der Waals surface area contributed by atoms with Crippen molar-refractivity contribution < 1.29 is 14.3 Å². The number of aromatic nitrogens is 1. The van der Waals surface area contributed by atoms with Gasteiger partial charge in [0.1, 0.15) is 5.60 Å². The lowest BCUT2D eigenvalue weighted by Crippen LogP contribution is -2.28. The highest BCUT2D eigenvalue weighted by molar-refractivity contribution is 5.91. The van der Waals surface area contributed by atoms with Crippen LogP contribution in [0.1, 0.15) is 26.3 Å². The highest BCUT2D eigenvalue weighted by Crippen LogP contribution is 2.22. The SMILES string of the molecule is COC[C@@H](N)Cc1cccc2c1ccn2C(=O)OC(C)(C)C. The molecule has 5 nitrogen and oxygen atoms in total. The van der Waals surface area contributed by atoms with Gasteiger partial charge in [0.2, 0.25) is 0 Å². The van der Waals surface area contributed by atoms with Gasteiger partial charge in [0.25, 0.3) is 0 Å². The smallest absolute Gasteiger partial charge is 0.418 e. The maximum absolute atomic E-state index is 12.3. The standard InChI is InChI=1S/C17H24N2O3/c1-17(2,3)22-16(20)19-9-8-14-12(6-5-7-15(14)19)10-13(18)11-21-4/h5-9,13H,10-11,18H2,1-4H3/t13-/m0/s1. The first kappa shape index (κ1) is 16.5. The summed E-state index contributed by atoms with van der Waals surface area (Å²) in [6.07, 6.45) is 2.06. The largest absolute Gasteiger partial charge is 0.443 e. The lowest BCUT2D eigenvalue weighted by atomic mass is 10.0. The van der Waals surface area contributed by atoms with Crippen LogP contribution in [-0.2, 0) is 15.9 Å². The molecule has 0 fully saturated rings. The first-order chi connectivity index (χ1) is 10.3. The Morgan fingerprint density at radius 1 is 1.32 bits per heavy atom. The molecule has 22 heavy (non-hydrogen) atoms. The molecular weight excluding hydrogens is 280 g/mol. The first-order valence-corrected chi connectivity index (χ1v) is 7.38. The highest BCUT2D eigenvalue weighted by Gasteiger charge is 2.19. The van der Waals surface area contributed by atoms with Crippen LogP contribution in [-0.4, -0.2) is 36.0 Å². The topological polar surface area (TPSA) is 66.5 Å². The van der Waals surface area contributed by atoms with Gasteiger partial charge in [-0.1, -0.05) is 12.1 Å². The second kappa shape index (κ2) is 6.50. The average Bonchev–Trinajstić information content (AvgIpc) is 2.82. The summed E-state index contributed by atoms with van der Waals surface area (Å²) < 4.78 is 12.0. The van der Waals surface area contributed by atoms with Gasteiger partial charge in [0.15, 0.2) is 0 Å². The summed E-state index contributed by atoms with van der Waals surface area (Å²) in [5.41, 5.74) is 7.44. The van der Waals surface area contributed by atoms with Crippen molar-refractivity contribution in [3.63, 3.8) is 0 Å². The molecule has 0 aliphatic heterocycles. The van der Waals surface area contributed by atoms with Crippen molar-refractivity contribution in [2.45, 2.75) is 38.8 Å². The zero-order valence-corrected chi connectivity index (χ0v) is 13.6. The minimum absolute atomic E-state index is 0.0690. The molecule has 0 aliphatic carbocycles. The van der Waals surface area contributed by atoms with Crippen molar-refractivity contribution in [2.75, 3.05) is 13.7 Å². The molecule has 0 spiro atoms. The average molecular weight is 304 g/mol. The third kappa shape index (κ3) is 3.87. The van der Waals surface area contributed by atoms with E-state index in [9.17, 15) is 4.79 Å². The molecule has 5 heteroatoms. The van der Waals surface area contributed by atoms with Crippen LogP contribution in [0.5, 0.6) is 0 Å². The quantitative estimate of drug-likeness (QED) is 0.943. The molecule has 2 aromatic rings. The Kier molecular flexibility index (Phi) is 4.88. The van der Waals surface area contributed by atoms with Gasteiger partial charge >= 0.3 is 6.09 Å². The van der Waals surface area contributed by atoms with Crippen LogP contribution in [0.2, 0.25) is 0 Å². The highest BCUT2D eigenvalue weighted by atomic mass is 16.6. The van der Waals surface area contributed by atoms with Crippen LogP contribution in [0.25, 0.3) is 10.9 Å². The molecule has 0 saturated heterocycles. The van der Waals surface area contributed by atoms with E-state index in [4.69, 9.17) is 15.2 Å². The Hall–Kier alpha value is -1.85. The number of methoxy groups -OCH3 is 1. The number of hydrogen-bond acceptors (Lipinski definition) is 4. The number of hydrogen-bond donors (Lipinski definition) is 1. The number of nitrogens with zero attached hydrogens (tertiary/aromatic N) is 1. The molecule has 0 bridgehead atoms. The van der Waals surface area contributed by atoms with E-state index in [-0.39, 0.29) is 12.1 Å². The Morgan fingerprint density at radius 2 is 2.05 bits per heavy atom. The van der Waals surface area contributed by atoms with Crippen LogP contribution >= 0.6 is 0 Å². The maximum Gasteiger partial charge on any atom is 0.418 e. The zero-order chi connectivity index (χ0) is 16.3. The Bertz CT molecular complexity index is 655. The number of carbonyl (C=O) groups excluding carboxylic acids is 1. The summed E-state index contributed by atoms with van der Waals surface area (Å²) in [5, 5.41) is 1.01. The van der Waals surface area contributed by atoms with E-state index >= 15 is 0 Å². The van der Waals surface area contributed by atoms with E-state index in [0.717, 1.165) is 16.5 Å². The van der Waals surface area contributed by atoms with Gasteiger partial charge in [0.05, 0.1) is 12.1 Å². The third-order valence-electron chi connectivity index (χ3n) is 3.28. The zero-order valence-electron chi connectivity index (χ0n) is 13.6. The molecule has 1 aromatic carbocycles.